The molecule has 1 aromatic rings. The summed E-state index contributed by atoms with van der Waals surface area (Å²) in [6, 6.07) is 6.78. The number of phenols is 1. The fourth-order valence-corrected chi connectivity index (χ4v) is 2.35. The molecule has 1 aromatic carbocycles. The zero-order chi connectivity index (χ0) is 15.9. The maximum atomic E-state index is 12.0. The summed E-state index contributed by atoms with van der Waals surface area (Å²) in [6.45, 7) is 3.26. The fraction of sp³-hybridized carbons (Fsp3) is 0.500. The quantitative estimate of drug-likeness (QED) is 0.816. The van der Waals surface area contributed by atoms with Crippen molar-refractivity contribution in [1.82, 2.24) is 15.1 Å². The Bertz CT molecular complexity index is 508. The predicted molar refractivity (Wildman–Crippen MR) is 83.5 cm³/mol. The Morgan fingerprint density at radius 3 is 2.41 bits per heavy atom. The minimum absolute atomic E-state index is 0.0221. The first-order chi connectivity index (χ1) is 10.5. The van der Waals surface area contributed by atoms with E-state index in [1.54, 1.807) is 29.2 Å². The van der Waals surface area contributed by atoms with E-state index in [0.29, 0.717) is 12.8 Å². The number of nitrogens with zero attached hydrogens (tertiary/aromatic N) is 2. The molecule has 0 radical (unpaired) electrons. The number of aryl methyl sites for hydroxylation is 1. The average molecular weight is 305 g/mol. The smallest absolute Gasteiger partial charge is 0.242 e. The second-order valence-corrected chi connectivity index (χ2v) is 5.63. The SMILES string of the molecule is CN1CCN(C(=O)CNC(=O)CCc2ccc(O)cc2)CC1. The summed E-state index contributed by atoms with van der Waals surface area (Å²) < 4.78 is 0. The van der Waals surface area contributed by atoms with Gasteiger partial charge in [0, 0.05) is 32.6 Å². The van der Waals surface area contributed by atoms with Crippen molar-refractivity contribution in [3.8, 4) is 5.75 Å². The van der Waals surface area contributed by atoms with Gasteiger partial charge >= 0.3 is 0 Å². The molecule has 22 heavy (non-hydrogen) atoms. The summed E-state index contributed by atoms with van der Waals surface area (Å²) in [5.41, 5.74) is 0.985. The lowest BCUT2D eigenvalue weighted by atomic mass is 10.1. The van der Waals surface area contributed by atoms with E-state index in [-0.39, 0.29) is 24.1 Å². The van der Waals surface area contributed by atoms with Gasteiger partial charge in [0.1, 0.15) is 5.75 Å². The number of likely N-dealkylation sites (N-methyl/N-ethyl adjacent to an activating group) is 1. The van der Waals surface area contributed by atoms with Crippen LogP contribution in [0.1, 0.15) is 12.0 Å². The third-order valence-corrected chi connectivity index (χ3v) is 3.87. The Kier molecular flexibility index (Phi) is 5.77. The Balaban J connectivity index is 1.66. The number of benzene rings is 1. The second kappa shape index (κ2) is 7.79. The molecule has 0 aliphatic carbocycles. The number of hydrogen-bond donors (Lipinski definition) is 2. The molecule has 6 nitrogen and oxygen atoms in total. The first-order valence-corrected chi connectivity index (χ1v) is 7.55. The predicted octanol–water partition coefficient (Wildman–Crippen LogP) is 0.215. The largest absolute Gasteiger partial charge is 0.508 e. The van der Waals surface area contributed by atoms with E-state index in [9.17, 15) is 14.7 Å². The van der Waals surface area contributed by atoms with E-state index in [0.717, 1.165) is 31.7 Å². The van der Waals surface area contributed by atoms with E-state index in [2.05, 4.69) is 10.2 Å². The van der Waals surface area contributed by atoms with Crippen molar-refractivity contribution >= 4 is 11.8 Å². The topological polar surface area (TPSA) is 72.9 Å². The number of amides is 2. The van der Waals surface area contributed by atoms with Crippen LogP contribution in [0.25, 0.3) is 0 Å². The number of rotatable bonds is 5. The average Bonchev–Trinajstić information content (AvgIpc) is 2.52. The van der Waals surface area contributed by atoms with E-state index in [1.165, 1.54) is 0 Å². The summed E-state index contributed by atoms with van der Waals surface area (Å²) in [5.74, 6) is 0.0626. The van der Waals surface area contributed by atoms with Crippen LogP contribution in [0, 0.1) is 0 Å². The molecule has 2 N–H and O–H groups in total. The highest BCUT2D eigenvalue weighted by Crippen LogP contribution is 2.11. The van der Waals surface area contributed by atoms with Gasteiger partial charge in [-0.3, -0.25) is 9.59 Å². The number of carbonyl (C=O) groups is 2. The molecule has 1 heterocycles. The minimum atomic E-state index is -0.129. The van der Waals surface area contributed by atoms with Crippen LogP contribution in [-0.2, 0) is 16.0 Å². The molecule has 6 heteroatoms. The maximum Gasteiger partial charge on any atom is 0.242 e. The van der Waals surface area contributed by atoms with Gasteiger partial charge in [-0.25, -0.2) is 0 Å². The van der Waals surface area contributed by atoms with Crippen molar-refractivity contribution in [2.75, 3.05) is 39.8 Å². The molecule has 1 saturated heterocycles. The van der Waals surface area contributed by atoms with Crippen molar-refractivity contribution in [3.05, 3.63) is 29.8 Å². The molecule has 0 spiro atoms. The van der Waals surface area contributed by atoms with Gasteiger partial charge in [-0.15, -0.1) is 0 Å². The van der Waals surface area contributed by atoms with Gasteiger partial charge in [-0.2, -0.15) is 0 Å². The Hall–Kier alpha value is -2.08. The number of piperazine rings is 1. The van der Waals surface area contributed by atoms with Crippen LogP contribution in [0.2, 0.25) is 0 Å². The van der Waals surface area contributed by atoms with Gasteiger partial charge in [-0.05, 0) is 31.2 Å². The highest BCUT2D eigenvalue weighted by atomic mass is 16.3. The molecule has 0 unspecified atom stereocenters. The van der Waals surface area contributed by atoms with Gasteiger partial charge in [0.25, 0.3) is 0 Å². The van der Waals surface area contributed by atoms with Crippen LogP contribution < -0.4 is 5.32 Å². The molecular formula is C16H23N3O3. The third kappa shape index (κ3) is 5.04. The molecule has 0 saturated carbocycles. The van der Waals surface area contributed by atoms with Gasteiger partial charge in [0.15, 0.2) is 0 Å². The lowest BCUT2D eigenvalue weighted by Gasteiger charge is -2.32. The highest BCUT2D eigenvalue weighted by molar-refractivity contribution is 5.84. The summed E-state index contributed by atoms with van der Waals surface area (Å²) in [6.07, 6.45) is 0.926. The molecule has 2 amide bonds. The molecule has 0 bridgehead atoms. The summed E-state index contributed by atoms with van der Waals surface area (Å²) in [7, 11) is 2.03. The standard InChI is InChI=1S/C16H23N3O3/c1-18-8-10-19(11-9-18)16(22)12-17-15(21)7-4-13-2-5-14(20)6-3-13/h2-3,5-6,20H,4,7-12H2,1H3,(H,17,21). The van der Waals surface area contributed by atoms with E-state index >= 15 is 0 Å². The van der Waals surface area contributed by atoms with Gasteiger partial charge in [-0.1, -0.05) is 12.1 Å². The monoisotopic (exact) mass is 305 g/mol. The van der Waals surface area contributed by atoms with Crippen LogP contribution >= 0.6 is 0 Å². The molecule has 2 rings (SSSR count). The maximum absolute atomic E-state index is 12.0. The number of carbonyl (C=O) groups excluding carboxylic acids is 2. The summed E-state index contributed by atoms with van der Waals surface area (Å²) in [5, 5.41) is 11.9. The lowest BCUT2D eigenvalue weighted by Crippen LogP contribution is -2.50. The van der Waals surface area contributed by atoms with Crippen LogP contribution in [0.15, 0.2) is 24.3 Å². The Morgan fingerprint density at radius 2 is 1.77 bits per heavy atom. The summed E-state index contributed by atoms with van der Waals surface area (Å²) >= 11 is 0. The molecule has 120 valence electrons. The summed E-state index contributed by atoms with van der Waals surface area (Å²) in [4.78, 5) is 27.7. The van der Waals surface area contributed by atoms with Gasteiger partial charge < -0.3 is 20.2 Å². The second-order valence-electron chi connectivity index (χ2n) is 5.63. The number of nitrogens with one attached hydrogen (secondary N) is 1. The third-order valence-electron chi connectivity index (χ3n) is 3.87. The molecule has 1 fully saturated rings. The Labute approximate surface area is 130 Å². The highest BCUT2D eigenvalue weighted by Gasteiger charge is 2.19. The van der Waals surface area contributed by atoms with Crippen molar-refractivity contribution in [2.45, 2.75) is 12.8 Å². The fourth-order valence-electron chi connectivity index (χ4n) is 2.35. The van der Waals surface area contributed by atoms with Crippen LogP contribution in [-0.4, -0.2) is 66.5 Å². The van der Waals surface area contributed by atoms with E-state index in [4.69, 9.17) is 0 Å². The van der Waals surface area contributed by atoms with Crippen molar-refractivity contribution in [1.29, 1.82) is 0 Å². The van der Waals surface area contributed by atoms with Crippen molar-refractivity contribution < 1.29 is 14.7 Å². The van der Waals surface area contributed by atoms with Crippen molar-refractivity contribution in [2.24, 2.45) is 0 Å². The molecule has 1 aliphatic rings. The number of hydrogen-bond acceptors (Lipinski definition) is 4. The van der Waals surface area contributed by atoms with E-state index in [1.807, 2.05) is 7.05 Å². The Morgan fingerprint density at radius 1 is 1.14 bits per heavy atom. The van der Waals surface area contributed by atoms with Gasteiger partial charge in [0.05, 0.1) is 6.54 Å². The minimum Gasteiger partial charge on any atom is -0.508 e. The lowest BCUT2D eigenvalue weighted by molar-refractivity contribution is -0.134. The van der Waals surface area contributed by atoms with Crippen LogP contribution in [0.4, 0.5) is 0 Å². The molecule has 0 atom stereocenters. The molecule has 1 aliphatic heterocycles. The van der Waals surface area contributed by atoms with Crippen LogP contribution in [0.5, 0.6) is 5.75 Å². The number of phenolic OH excluding ortho intramolecular Hbond substituents is 1. The molecular weight excluding hydrogens is 282 g/mol. The zero-order valence-corrected chi connectivity index (χ0v) is 12.9. The zero-order valence-electron chi connectivity index (χ0n) is 12.9. The first kappa shape index (κ1) is 16.3. The van der Waals surface area contributed by atoms with Gasteiger partial charge in [0.2, 0.25) is 11.8 Å². The molecule has 0 aromatic heterocycles. The number of aromatic hydroxyl groups is 1. The van der Waals surface area contributed by atoms with E-state index < -0.39 is 0 Å². The normalized spacial score (nSPS) is 15.6. The first-order valence-electron chi connectivity index (χ1n) is 7.55. The van der Waals surface area contributed by atoms with Crippen LogP contribution in [0.3, 0.4) is 0 Å². The van der Waals surface area contributed by atoms with Crippen molar-refractivity contribution in [3.63, 3.8) is 0 Å².